The summed E-state index contributed by atoms with van der Waals surface area (Å²) in [5.41, 5.74) is 2.25. The van der Waals surface area contributed by atoms with Gasteiger partial charge in [-0.25, -0.2) is 8.42 Å². The van der Waals surface area contributed by atoms with E-state index in [4.69, 9.17) is 9.47 Å². The minimum Gasteiger partial charge on any atom is -0.493 e. The number of anilines is 1. The van der Waals surface area contributed by atoms with Crippen molar-refractivity contribution < 1.29 is 22.7 Å². The van der Waals surface area contributed by atoms with Gasteiger partial charge in [-0.1, -0.05) is 23.8 Å². The van der Waals surface area contributed by atoms with Gasteiger partial charge < -0.3 is 14.8 Å². The van der Waals surface area contributed by atoms with Gasteiger partial charge in [-0.05, 0) is 50.6 Å². The van der Waals surface area contributed by atoms with E-state index < -0.39 is 22.0 Å². The van der Waals surface area contributed by atoms with Gasteiger partial charge >= 0.3 is 0 Å². The molecule has 2 atom stereocenters. The number of aryl methyl sites for hydroxylation is 1. The fraction of sp³-hybridized carbons (Fsp3) is 0.381. The predicted octanol–water partition coefficient (Wildman–Crippen LogP) is 3.04. The molecule has 0 bridgehead atoms. The van der Waals surface area contributed by atoms with Crippen molar-refractivity contribution in [3.8, 4) is 11.5 Å². The van der Waals surface area contributed by atoms with E-state index in [9.17, 15) is 13.2 Å². The first kappa shape index (κ1) is 22.5. The Bertz CT molecular complexity index is 958. The zero-order valence-corrected chi connectivity index (χ0v) is 18.4. The molecule has 0 fully saturated rings. The molecule has 1 N–H and O–H groups in total. The molecule has 0 aromatic heterocycles. The Balaban J connectivity index is 2.24. The molecular formula is C21H28N2O5S. The molecule has 0 saturated carbocycles. The molecule has 0 heterocycles. The Morgan fingerprint density at radius 1 is 1.00 bits per heavy atom. The highest BCUT2D eigenvalue weighted by atomic mass is 32.2. The topological polar surface area (TPSA) is 84.9 Å². The third kappa shape index (κ3) is 5.41. The number of rotatable bonds is 8. The monoisotopic (exact) mass is 420 g/mol. The van der Waals surface area contributed by atoms with E-state index >= 15 is 0 Å². The normalized spacial score (nSPS) is 13.3. The zero-order valence-electron chi connectivity index (χ0n) is 17.6. The van der Waals surface area contributed by atoms with Crippen LogP contribution in [0.3, 0.4) is 0 Å². The van der Waals surface area contributed by atoms with Gasteiger partial charge in [0, 0.05) is 0 Å². The van der Waals surface area contributed by atoms with Gasteiger partial charge in [0.05, 0.1) is 32.2 Å². The maximum Gasteiger partial charge on any atom is 0.244 e. The Morgan fingerprint density at radius 3 is 2.10 bits per heavy atom. The number of ether oxygens (including phenoxy) is 2. The van der Waals surface area contributed by atoms with Crippen molar-refractivity contribution in [3.63, 3.8) is 0 Å². The molecule has 158 valence electrons. The minimum absolute atomic E-state index is 0.357. The van der Waals surface area contributed by atoms with Crippen LogP contribution in [0.15, 0.2) is 42.5 Å². The highest BCUT2D eigenvalue weighted by molar-refractivity contribution is 7.92. The van der Waals surface area contributed by atoms with Crippen LogP contribution in [-0.4, -0.2) is 40.8 Å². The molecule has 0 aliphatic carbocycles. The van der Waals surface area contributed by atoms with Gasteiger partial charge in [0.25, 0.3) is 0 Å². The third-order valence-electron chi connectivity index (χ3n) is 4.64. The summed E-state index contributed by atoms with van der Waals surface area (Å²) in [6, 6.07) is 11.1. The number of methoxy groups -OCH3 is 2. The summed E-state index contributed by atoms with van der Waals surface area (Å²) in [6.45, 7) is 5.30. The van der Waals surface area contributed by atoms with Crippen LogP contribution in [0.25, 0.3) is 0 Å². The number of sulfonamides is 1. The van der Waals surface area contributed by atoms with Crippen molar-refractivity contribution in [2.24, 2.45) is 0 Å². The lowest BCUT2D eigenvalue weighted by atomic mass is 10.1. The number of hydrogen-bond acceptors (Lipinski definition) is 5. The number of benzene rings is 2. The summed E-state index contributed by atoms with van der Waals surface area (Å²) in [5.74, 6) is 0.737. The van der Waals surface area contributed by atoms with Gasteiger partial charge in [0.2, 0.25) is 15.9 Å². The summed E-state index contributed by atoms with van der Waals surface area (Å²) in [6.07, 6.45) is 1.09. The van der Waals surface area contributed by atoms with Crippen molar-refractivity contribution in [1.82, 2.24) is 5.32 Å². The van der Waals surface area contributed by atoms with Crippen molar-refractivity contribution in [1.29, 1.82) is 0 Å². The van der Waals surface area contributed by atoms with E-state index in [1.54, 1.807) is 45.4 Å². The van der Waals surface area contributed by atoms with E-state index in [1.165, 1.54) is 0 Å². The molecule has 0 spiro atoms. The summed E-state index contributed by atoms with van der Waals surface area (Å²) in [5, 5.41) is 2.88. The van der Waals surface area contributed by atoms with Crippen LogP contribution in [0, 0.1) is 6.92 Å². The van der Waals surface area contributed by atoms with Gasteiger partial charge in [-0.2, -0.15) is 0 Å². The van der Waals surface area contributed by atoms with E-state index in [-0.39, 0.29) is 6.04 Å². The van der Waals surface area contributed by atoms with Crippen LogP contribution < -0.4 is 19.1 Å². The number of nitrogens with one attached hydrogen (secondary N) is 1. The second-order valence-corrected chi connectivity index (χ2v) is 8.77. The van der Waals surface area contributed by atoms with E-state index in [0.717, 1.165) is 21.7 Å². The van der Waals surface area contributed by atoms with Crippen molar-refractivity contribution >= 4 is 21.6 Å². The Kier molecular flexibility index (Phi) is 7.13. The summed E-state index contributed by atoms with van der Waals surface area (Å²) < 4.78 is 36.4. The van der Waals surface area contributed by atoms with Gasteiger partial charge in [0.15, 0.2) is 11.5 Å². The van der Waals surface area contributed by atoms with Gasteiger partial charge in [-0.15, -0.1) is 0 Å². The standard InChI is InChI=1S/C21H28N2O5S/c1-14-7-10-18(11-8-14)23(29(6,25)26)16(3)21(24)22-15(2)17-9-12-19(27-4)20(13-17)28-5/h7-13,15-16H,1-6H3,(H,22,24)/t15-,16-/m1/s1. The maximum absolute atomic E-state index is 12.9. The quantitative estimate of drug-likeness (QED) is 0.710. The zero-order chi connectivity index (χ0) is 21.8. The smallest absolute Gasteiger partial charge is 0.244 e. The van der Waals surface area contributed by atoms with Crippen LogP contribution >= 0.6 is 0 Å². The number of carbonyl (C=O) groups is 1. The molecule has 7 nitrogen and oxygen atoms in total. The van der Waals surface area contributed by atoms with Crippen LogP contribution in [0.2, 0.25) is 0 Å². The Labute approximate surface area is 172 Å². The summed E-state index contributed by atoms with van der Waals surface area (Å²) in [4.78, 5) is 12.9. The minimum atomic E-state index is -3.66. The Morgan fingerprint density at radius 2 is 1.59 bits per heavy atom. The lowest BCUT2D eigenvalue weighted by molar-refractivity contribution is -0.122. The number of nitrogens with zero attached hydrogens (tertiary/aromatic N) is 1. The summed E-state index contributed by atoms with van der Waals surface area (Å²) >= 11 is 0. The highest BCUT2D eigenvalue weighted by Crippen LogP contribution is 2.30. The third-order valence-corrected chi connectivity index (χ3v) is 5.88. The van der Waals surface area contributed by atoms with E-state index in [0.29, 0.717) is 17.2 Å². The molecular weight excluding hydrogens is 392 g/mol. The fourth-order valence-corrected chi connectivity index (χ4v) is 4.21. The maximum atomic E-state index is 12.9. The average Bonchev–Trinajstić information content (AvgIpc) is 2.67. The largest absolute Gasteiger partial charge is 0.493 e. The molecule has 8 heteroatoms. The highest BCUT2D eigenvalue weighted by Gasteiger charge is 2.30. The lowest BCUT2D eigenvalue weighted by Gasteiger charge is -2.29. The van der Waals surface area contributed by atoms with Crippen molar-refractivity contribution in [2.45, 2.75) is 32.9 Å². The van der Waals surface area contributed by atoms with Gasteiger partial charge in [-0.3, -0.25) is 9.10 Å². The van der Waals surface area contributed by atoms with Crippen LogP contribution in [0.5, 0.6) is 11.5 Å². The first-order valence-corrected chi connectivity index (χ1v) is 11.0. The molecule has 2 aromatic carbocycles. The molecule has 0 unspecified atom stereocenters. The molecule has 2 aromatic rings. The van der Waals surface area contributed by atoms with Gasteiger partial charge in [0.1, 0.15) is 6.04 Å². The van der Waals surface area contributed by atoms with Crippen molar-refractivity contribution in [2.75, 3.05) is 24.8 Å². The SMILES string of the molecule is COc1ccc([C@@H](C)NC(=O)[C@@H](C)N(c2ccc(C)cc2)S(C)(=O)=O)cc1OC. The average molecular weight is 421 g/mol. The second kappa shape index (κ2) is 9.17. The molecule has 1 amide bonds. The summed E-state index contributed by atoms with van der Waals surface area (Å²) in [7, 11) is -0.568. The first-order chi connectivity index (χ1) is 13.6. The van der Waals surface area contributed by atoms with E-state index in [2.05, 4.69) is 5.32 Å². The number of hydrogen-bond donors (Lipinski definition) is 1. The predicted molar refractivity (Wildman–Crippen MR) is 114 cm³/mol. The van der Waals surface area contributed by atoms with Crippen molar-refractivity contribution in [3.05, 3.63) is 53.6 Å². The molecule has 0 saturated heterocycles. The Hall–Kier alpha value is -2.74. The van der Waals surface area contributed by atoms with E-state index in [1.807, 2.05) is 32.0 Å². The lowest BCUT2D eigenvalue weighted by Crippen LogP contribution is -2.48. The molecule has 0 aliphatic rings. The molecule has 29 heavy (non-hydrogen) atoms. The first-order valence-electron chi connectivity index (χ1n) is 9.16. The van der Waals surface area contributed by atoms with Crippen LogP contribution in [0.1, 0.15) is 31.0 Å². The number of carbonyl (C=O) groups excluding carboxylic acids is 1. The number of amides is 1. The van der Waals surface area contributed by atoms with Crippen LogP contribution in [0.4, 0.5) is 5.69 Å². The molecule has 0 aliphatic heterocycles. The van der Waals surface area contributed by atoms with Crippen LogP contribution in [-0.2, 0) is 14.8 Å². The molecule has 0 radical (unpaired) electrons. The fourth-order valence-electron chi connectivity index (χ4n) is 3.04. The molecule has 2 rings (SSSR count). The second-order valence-electron chi connectivity index (χ2n) is 6.92.